The number of carbonyl (C=O) groups excluding carboxylic acids is 1. The molecule has 0 unspecified atom stereocenters. The minimum Gasteiger partial charge on any atom is -0.506 e. The molecule has 1 aromatic rings. The van der Waals surface area contributed by atoms with E-state index >= 15 is 0 Å². The predicted octanol–water partition coefficient (Wildman–Crippen LogP) is 0.235. The zero-order valence-electron chi connectivity index (χ0n) is 9.05. The molecular formula is C8H8FN5O4. The topological polar surface area (TPSA) is 111 Å². The van der Waals surface area contributed by atoms with Gasteiger partial charge < -0.3 is 5.11 Å². The van der Waals surface area contributed by atoms with Crippen LogP contribution >= 0.6 is 0 Å². The molecule has 0 aromatic heterocycles. The number of hydrazine groups is 3. The molecule has 0 spiro atoms. The molecule has 1 aromatic carbocycles. The van der Waals surface area contributed by atoms with E-state index in [0.717, 1.165) is 16.2 Å². The van der Waals surface area contributed by atoms with Crippen molar-refractivity contribution in [2.45, 2.75) is 0 Å². The molecule has 1 saturated heterocycles. The van der Waals surface area contributed by atoms with Gasteiger partial charge in [0.1, 0.15) is 11.4 Å². The van der Waals surface area contributed by atoms with Crippen LogP contribution in [0, 0.1) is 15.9 Å². The number of benzene rings is 1. The Hall–Kier alpha value is -2.62. The van der Waals surface area contributed by atoms with Crippen molar-refractivity contribution < 1.29 is 19.2 Å². The van der Waals surface area contributed by atoms with Crippen LogP contribution in [-0.2, 0) is 0 Å². The highest BCUT2D eigenvalue weighted by molar-refractivity contribution is 5.79. The third-order valence-electron chi connectivity index (χ3n) is 2.24. The Morgan fingerprint density at radius 3 is 2.67 bits per heavy atom. The van der Waals surface area contributed by atoms with E-state index < -0.39 is 28.2 Å². The molecule has 3 N–H and O–H groups in total. The third kappa shape index (κ3) is 1.84. The summed E-state index contributed by atoms with van der Waals surface area (Å²) in [5, 5.41) is 22.1. The van der Waals surface area contributed by atoms with Gasteiger partial charge in [0.2, 0.25) is 5.82 Å². The van der Waals surface area contributed by atoms with Crippen molar-refractivity contribution in [1.29, 1.82) is 0 Å². The maximum atomic E-state index is 13.2. The van der Waals surface area contributed by atoms with Gasteiger partial charge in [-0.3, -0.25) is 10.1 Å². The van der Waals surface area contributed by atoms with Crippen LogP contribution in [0.4, 0.5) is 20.6 Å². The van der Waals surface area contributed by atoms with Gasteiger partial charge in [0.15, 0.2) is 0 Å². The molecule has 1 aliphatic heterocycles. The zero-order valence-corrected chi connectivity index (χ0v) is 9.05. The number of nitro benzene ring substituents is 1. The number of rotatable bonds is 2. The molecule has 96 valence electrons. The highest BCUT2D eigenvalue weighted by Crippen LogP contribution is 2.32. The number of hydrogen-bond donors (Lipinski definition) is 3. The number of halogens is 1. The molecule has 9 nitrogen and oxygen atoms in total. The first-order chi connectivity index (χ1) is 8.40. The monoisotopic (exact) mass is 257 g/mol. The van der Waals surface area contributed by atoms with Crippen molar-refractivity contribution in [1.82, 2.24) is 16.0 Å². The Balaban J connectivity index is 2.42. The second-order valence-corrected chi connectivity index (χ2v) is 3.46. The Kier molecular flexibility index (Phi) is 2.63. The summed E-state index contributed by atoms with van der Waals surface area (Å²) in [7, 11) is 1.39. The lowest BCUT2D eigenvalue weighted by Crippen LogP contribution is -2.40. The van der Waals surface area contributed by atoms with Crippen molar-refractivity contribution in [3.63, 3.8) is 0 Å². The van der Waals surface area contributed by atoms with Crippen molar-refractivity contribution in [2.24, 2.45) is 0 Å². The van der Waals surface area contributed by atoms with Crippen LogP contribution in [0.5, 0.6) is 5.75 Å². The van der Waals surface area contributed by atoms with E-state index in [4.69, 9.17) is 0 Å². The summed E-state index contributed by atoms with van der Waals surface area (Å²) in [5.74, 6) is -1.72. The molecule has 1 aliphatic rings. The lowest BCUT2D eigenvalue weighted by molar-refractivity contribution is -0.387. The summed E-state index contributed by atoms with van der Waals surface area (Å²) in [6.07, 6.45) is 0. The maximum absolute atomic E-state index is 13.2. The SMILES string of the molecule is CN1NN(c2cc([N+](=O)[O-])c(F)cc2O)NC1=O. The van der Waals surface area contributed by atoms with E-state index in [0.29, 0.717) is 6.07 Å². The van der Waals surface area contributed by atoms with E-state index in [1.807, 2.05) is 0 Å². The molecule has 0 bridgehead atoms. The Morgan fingerprint density at radius 2 is 2.17 bits per heavy atom. The largest absolute Gasteiger partial charge is 0.506 e. The number of phenolic OH excluding ortho intramolecular Hbond substituents is 1. The van der Waals surface area contributed by atoms with Crippen molar-refractivity contribution in [2.75, 3.05) is 12.2 Å². The summed E-state index contributed by atoms with van der Waals surface area (Å²) >= 11 is 0. The number of nitro groups is 1. The fourth-order valence-electron chi connectivity index (χ4n) is 1.36. The van der Waals surface area contributed by atoms with Crippen LogP contribution in [0.15, 0.2) is 12.1 Å². The lowest BCUT2D eigenvalue weighted by atomic mass is 10.2. The standard InChI is InChI=1S/C8H8FN5O4/c1-12-8(16)10-13(11-12)6-3-5(14(17)18)4(9)2-7(6)15/h2-3,11,15H,1H3,(H,10,16). The zero-order chi connectivity index (χ0) is 13.4. The molecule has 0 atom stereocenters. The highest BCUT2D eigenvalue weighted by atomic mass is 19.1. The van der Waals surface area contributed by atoms with Crippen molar-refractivity contribution in [3.05, 3.63) is 28.1 Å². The van der Waals surface area contributed by atoms with Gasteiger partial charge >= 0.3 is 11.7 Å². The summed E-state index contributed by atoms with van der Waals surface area (Å²) < 4.78 is 13.2. The lowest BCUT2D eigenvalue weighted by Gasteiger charge is -2.17. The number of hydrogen-bond acceptors (Lipinski definition) is 6. The van der Waals surface area contributed by atoms with Gasteiger partial charge in [-0.1, -0.05) is 0 Å². The number of phenols is 1. The molecule has 1 fully saturated rings. The highest BCUT2D eigenvalue weighted by Gasteiger charge is 2.28. The molecule has 1 heterocycles. The van der Waals surface area contributed by atoms with E-state index in [1.54, 1.807) is 0 Å². The van der Waals surface area contributed by atoms with Crippen LogP contribution in [0.1, 0.15) is 0 Å². The molecular weight excluding hydrogens is 249 g/mol. The first-order valence-electron chi connectivity index (χ1n) is 4.68. The third-order valence-corrected chi connectivity index (χ3v) is 2.24. The van der Waals surface area contributed by atoms with E-state index in [2.05, 4.69) is 11.0 Å². The number of urea groups is 1. The average Bonchev–Trinajstić information content (AvgIpc) is 2.58. The predicted molar refractivity (Wildman–Crippen MR) is 56.6 cm³/mol. The van der Waals surface area contributed by atoms with Crippen LogP contribution in [0.3, 0.4) is 0 Å². The van der Waals surface area contributed by atoms with E-state index in [9.17, 15) is 24.4 Å². The van der Waals surface area contributed by atoms with Gasteiger partial charge in [-0.25, -0.2) is 15.2 Å². The van der Waals surface area contributed by atoms with Crippen molar-refractivity contribution in [3.8, 4) is 5.75 Å². The average molecular weight is 257 g/mol. The minimum absolute atomic E-state index is 0.152. The van der Waals surface area contributed by atoms with Gasteiger partial charge in [0.25, 0.3) is 0 Å². The molecule has 10 heteroatoms. The summed E-state index contributed by atoms with van der Waals surface area (Å²) in [5.41, 5.74) is 3.73. The summed E-state index contributed by atoms with van der Waals surface area (Å²) in [6, 6.07) is 0.859. The van der Waals surface area contributed by atoms with Gasteiger partial charge in [0.05, 0.1) is 4.92 Å². The number of carbonyl (C=O) groups is 1. The summed E-state index contributed by atoms with van der Waals surface area (Å²) in [4.78, 5) is 20.8. The fourth-order valence-corrected chi connectivity index (χ4v) is 1.36. The fraction of sp³-hybridized carbons (Fsp3) is 0.125. The van der Waals surface area contributed by atoms with Crippen LogP contribution in [-0.4, -0.2) is 28.1 Å². The maximum Gasteiger partial charge on any atom is 0.352 e. The molecule has 0 saturated carbocycles. The van der Waals surface area contributed by atoms with E-state index in [1.165, 1.54) is 7.05 Å². The molecule has 0 aliphatic carbocycles. The summed E-state index contributed by atoms with van der Waals surface area (Å²) in [6.45, 7) is 0. The number of amides is 2. The van der Waals surface area contributed by atoms with Gasteiger partial charge in [0, 0.05) is 19.2 Å². The Morgan fingerprint density at radius 1 is 1.50 bits per heavy atom. The van der Waals surface area contributed by atoms with Crippen LogP contribution < -0.4 is 16.1 Å². The normalized spacial score (nSPS) is 14.9. The van der Waals surface area contributed by atoms with Crippen LogP contribution in [0.25, 0.3) is 0 Å². The number of aromatic hydroxyl groups is 1. The van der Waals surface area contributed by atoms with E-state index in [-0.39, 0.29) is 5.69 Å². The first kappa shape index (κ1) is 11.9. The van der Waals surface area contributed by atoms with Gasteiger partial charge in [-0.15, -0.1) is 5.53 Å². The minimum atomic E-state index is -1.17. The molecule has 18 heavy (non-hydrogen) atoms. The van der Waals surface area contributed by atoms with Crippen LogP contribution in [0.2, 0.25) is 0 Å². The van der Waals surface area contributed by atoms with Crippen molar-refractivity contribution >= 4 is 17.4 Å². The molecule has 2 amide bonds. The number of nitrogens with one attached hydrogen (secondary N) is 2. The second kappa shape index (κ2) is 4.00. The molecule has 0 radical (unpaired) electrons. The quantitative estimate of drug-likeness (QED) is 0.516. The smallest absolute Gasteiger partial charge is 0.352 e. The first-order valence-corrected chi connectivity index (χ1v) is 4.68. The van der Waals surface area contributed by atoms with Gasteiger partial charge in [-0.2, -0.15) is 9.51 Å². The Bertz CT molecular complexity index is 536. The van der Waals surface area contributed by atoms with Gasteiger partial charge in [-0.05, 0) is 0 Å². The number of nitrogens with zero attached hydrogens (tertiary/aromatic N) is 3. The second-order valence-electron chi connectivity index (χ2n) is 3.46. The Labute approximate surface area is 99.5 Å². The number of anilines is 1. The molecule has 2 rings (SSSR count).